The van der Waals surface area contributed by atoms with Crippen LogP contribution in [0.1, 0.15) is 6.92 Å². The van der Waals surface area contributed by atoms with E-state index in [2.05, 4.69) is 0 Å². The van der Waals surface area contributed by atoms with E-state index < -0.39 is 9.84 Å². The van der Waals surface area contributed by atoms with Gasteiger partial charge in [-0.15, -0.1) is 0 Å². The summed E-state index contributed by atoms with van der Waals surface area (Å²) < 4.78 is 21.1. The number of hydrogen-bond acceptors (Lipinski definition) is 3. The van der Waals surface area contributed by atoms with Crippen LogP contribution in [0.5, 0.6) is 0 Å². The van der Waals surface area contributed by atoms with Crippen molar-refractivity contribution in [2.24, 2.45) is 11.7 Å². The van der Waals surface area contributed by atoms with Crippen molar-refractivity contribution >= 4 is 9.84 Å². The molecular formula is C5H13NO2S. The summed E-state index contributed by atoms with van der Waals surface area (Å²) in [5.74, 6) is 0.281. The van der Waals surface area contributed by atoms with Crippen molar-refractivity contribution in [3.8, 4) is 0 Å². The van der Waals surface area contributed by atoms with Crippen LogP contribution in [0.4, 0.5) is 0 Å². The number of nitrogens with two attached hydrogens (primary N) is 1. The fourth-order valence-electron chi connectivity index (χ4n) is 0.585. The minimum atomic E-state index is -2.82. The maximum Gasteiger partial charge on any atom is 0.147 e. The van der Waals surface area contributed by atoms with Crippen molar-refractivity contribution < 1.29 is 8.42 Å². The lowest BCUT2D eigenvalue weighted by molar-refractivity contribution is 0.579. The third kappa shape index (κ3) is 5.79. The molecule has 0 aliphatic heterocycles. The van der Waals surface area contributed by atoms with Gasteiger partial charge in [-0.1, -0.05) is 6.92 Å². The Bertz CT molecular complexity index is 162. The Morgan fingerprint density at radius 1 is 1.56 bits per heavy atom. The molecule has 0 fully saturated rings. The topological polar surface area (TPSA) is 60.2 Å². The summed E-state index contributed by atoms with van der Waals surface area (Å²) in [6, 6.07) is 0. The predicted octanol–water partition coefficient (Wildman–Crippen LogP) is -0.374. The maximum absolute atomic E-state index is 10.5. The average molecular weight is 151 g/mol. The highest BCUT2D eigenvalue weighted by Crippen LogP contribution is 1.95. The van der Waals surface area contributed by atoms with Gasteiger partial charge < -0.3 is 5.73 Å². The van der Waals surface area contributed by atoms with Crippen LogP contribution in [0.25, 0.3) is 0 Å². The second-order valence-electron chi connectivity index (χ2n) is 2.43. The molecule has 0 aromatic rings. The Morgan fingerprint density at radius 3 is 2.11 bits per heavy atom. The minimum absolute atomic E-state index is 0.0833. The van der Waals surface area contributed by atoms with E-state index in [0.29, 0.717) is 6.54 Å². The van der Waals surface area contributed by atoms with E-state index in [1.807, 2.05) is 6.92 Å². The van der Waals surface area contributed by atoms with Crippen LogP contribution in [0, 0.1) is 5.92 Å². The largest absolute Gasteiger partial charge is 0.330 e. The Balaban J connectivity index is 3.75. The summed E-state index contributed by atoms with van der Waals surface area (Å²) in [4.78, 5) is 0. The maximum atomic E-state index is 10.5. The van der Waals surface area contributed by atoms with Gasteiger partial charge in [0.1, 0.15) is 9.84 Å². The van der Waals surface area contributed by atoms with Gasteiger partial charge in [0.05, 0.1) is 5.75 Å². The van der Waals surface area contributed by atoms with Crippen LogP contribution in [-0.4, -0.2) is 27.0 Å². The standard InChI is InChI=1S/C5H13NO2S/c1-5(3-6)4-9(2,7)8/h5H,3-4,6H2,1-2H3. The van der Waals surface area contributed by atoms with Gasteiger partial charge in [0.25, 0.3) is 0 Å². The molecule has 1 unspecified atom stereocenters. The fourth-order valence-corrected chi connectivity index (χ4v) is 1.75. The molecule has 9 heavy (non-hydrogen) atoms. The van der Waals surface area contributed by atoms with Gasteiger partial charge in [0.15, 0.2) is 0 Å². The van der Waals surface area contributed by atoms with E-state index in [9.17, 15) is 8.42 Å². The van der Waals surface area contributed by atoms with Crippen molar-refractivity contribution in [1.29, 1.82) is 0 Å². The first-order valence-corrected chi connectivity index (χ1v) is 4.89. The molecule has 0 aromatic carbocycles. The Labute approximate surface area is 56.2 Å². The highest BCUT2D eigenvalue weighted by molar-refractivity contribution is 7.90. The normalized spacial score (nSPS) is 15.4. The molecule has 0 aliphatic carbocycles. The monoisotopic (exact) mass is 151 g/mol. The summed E-state index contributed by atoms with van der Waals surface area (Å²) in [6.45, 7) is 2.26. The van der Waals surface area contributed by atoms with Crippen LogP contribution in [0.15, 0.2) is 0 Å². The molecule has 3 nitrogen and oxygen atoms in total. The quantitative estimate of drug-likeness (QED) is 0.598. The van der Waals surface area contributed by atoms with E-state index in [-0.39, 0.29) is 11.7 Å². The predicted molar refractivity (Wildman–Crippen MR) is 37.9 cm³/mol. The van der Waals surface area contributed by atoms with Gasteiger partial charge in [0.2, 0.25) is 0 Å². The molecule has 0 saturated carbocycles. The third-order valence-corrected chi connectivity index (χ3v) is 2.16. The van der Waals surface area contributed by atoms with E-state index in [1.54, 1.807) is 0 Å². The van der Waals surface area contributed by atoms with Crippen LogP contribution >= 0.6 is 0 Å². The summed E-state index contributed by atoms with van der Waals surface area (Å²) in [6.07, 6.45) is 1.22. The zero-order chi connectivity index (χ0) is 7.49. The lowest BCUT2D eigenvalue weighted by atomic mass is 10.2. The number of hydrogen-bond donors (Lipinski definition) is 1. The van der Waals surface area contributed by atoms with Gasteiger partial charge >= 0.3 is 0 Å². The molecular weight excluding hydrogens is 138 g/mol. The van der Waals surface area contributed by atoms with Gasteiger partial charge in [-0.25, -0.2) is 8.42 Å². The molecule has 0 heterocycles. The van der Waals surface area contributed by atoms with Gasteiger partial charge in [-0.05, 0) is 12.5 Å². The van der Waals surface area contributed by atoms with Crippen molar-refractivity contribution in [2.45, 2.75) is 6.92 Å². The Morgan fingerprint density at radius 2 is 2.00 bits per heavy atom. The smallest absolute Gasteiger partial charge is 0.147 e. The second-order valence-corrected chi connectivity index (χ2v) is 4.62. The molecule has 1 atom stereocenters. The molecule has 2 N–H and O–H groups in total. The van der Waals surface area contributed by atoms with Gasteiger partial charge in [-0.2, -0.15) is 0 Å². The average Bonchev–Trinajstić information content (AvgIpc) is 1.62. The molecule has 56 valence electrons. The van der Waals surface area contributed by atoms with E-state index in [1.165, 1.54) is 6.26 Å². The van der Waals surface area contributed by atoms with E-state index in [0.717, 1.165) is 0 Å². The first-order chi connectivity index (χ1) is 3.95. The van der Waals surface area contributed by atoms with Crippen molar-refractivity contribution in [2.75, 3.05) is 18.6 Å². The highest BCUT2D eigenvalue weighted by atomic mass is 32.2. The lowest BCUT2D eigenvalue weighted by Gasteiger charge is -2.03. The van der Waals surface area contributed by atoms with Crippen LogP contribution in [0.2, 0.25) is 0 Å². The third-order valence-electron chi connectivity index (χ3n) is 0.990. The van der Waals surface area contributed by atoms with Crippen molar-refractivity contribution in [3.63, 3.8) is 0 Å². The number of rotatable bonds is 3. The molecule has 0 bridgehead atoms. The fraction of sp³-hybridized carbons (Fsp3) is 1.00. The summed E-state index contributed by atoms with van der Waals surface area (Å²) in [5, 5.41) is 0. The lowest BCUT2D eigenvalue weighted by Crippen LogP contribution is -2.19. The summed E-state index contributed by atoms with van der Waals surface area (Å²) in [7, 11) is -2.82. The van der Waals surface area contributed by atoms with Gasteiger partial charge in [0, 0.05) is 6.26 Å². The molecule has 0 spiro atoms. The zero-order valence-electron chi connectivity index (χ0n) is 5.79. The zero-order valence-corrected chi connectivity index (χ0v) is 6.61. The summed E-state index contributed by atoms with van der Waals surface area (Å²) in [5.41, 5.74) is 5.21. The van der Waals surface area contributed by atoms with Crippen LogP contribution in [-0.2, 0) is 9.84 Å². The molecule has 0 rings (SSSR count). The first-order valence-electron chi connectivity index (χ1n) is 2.83. The Hall–Kier alpha value is -0.0900. The second kappa shape index (κ2) is 3.17. The molecule has 0 saturated heterocycles. The molecule has 0 aliphatic rings. The van der Waals surface area contributed by atoms with Crippen LogP contribution < -0.4 is 5.73 Å². The Kier molecular flexibility index (Phi) is 3.14. The molecule has 0 amide bonds. The first kappa shape index (κ1) is 8.91. The van der Waals surface area contributed by atoms with Crippen molar-refractivity contribution in [3.05, 3.63) is 0 Å². The van der Waals surface area contributed by atoms with Gasteiger partial charge in [-0.3, -0.25) is 0 Å². The van der Waals surface area contributed by atoms with E-state index >= 15 is 0 Å². The molecule has 0 radical (unpaired) electrons. The number of sulfone groups is 1. The summed E-state index contributed by atoms with van der Waals surface area (Å²) >= 11 is 0. The van der Waals surface area contributed by atoms with E-state index in [4.69, 9.17) is 5.73 Å². The highest BCUT2D eigenvalue weighted by Gasteiger charge is 2.07. The molecule has 4 heteroatoms. The molecule has 0 aromatic heterocycles. The SMILES string of the molecule is CC(CN)CS(C)(=O)=O. The van der Waals surface area contributed by atoms with Crippen LogP contribution in [0.3, 0.4) is 0 Å². The minimum Gasteiger partial charge on any atom is -0.330 e. The van der Waals surface area contributed by atoms with Crippen molar-refractivity contribution in [1.82, 2.24) is 0 Å².